The minimum absolute atomic E-state index is 0.0947. The molecule has 0 spiro atoms. The molecule has 40 heavy (non-hydrogen) atoms. The van der Waals surface area contributed by atoms with E-state index in [9.17, 15) is 19.8 Å². The van der Waals surface area contributed by atoms with Gasteiger partial charge in [-0.25, -0.2) is 4.79 Å². The van der Waals surface area contributed by atoms with E-state index in [0.717, 1.165) is 44.1 Å². The lowest BCUT2D eigenvalue weighted by Crippen LogP contribution is -2.58. The Labute approximate surface area is 240 Å². The van der Waals surface area contributed by atoms with E-state index in [-0.39, 0.29) is 28.9 Å². The molecule has 1 amide bonds. The van der Waals surface area contributed by atoms with Gasteiger partial charge in [0.1, 0.15) is 6.04 Å². The van der Waals surface area contributed by atoms with Crippen LogP contribution in [0.1, 0.15) is 90.5 Å². The average Bonchev–Trinajstić information content (AvgIpc) is 3.29. The van der Waals surface area contributed by atoms with E-state index >= 15 is 0 Å². The molecule has 4 saturated carbocycles. The summed E-state index contributed by atoms with van der Waals surface area (Å²) in [4.78, 5) is 25.4. The molecule has 4 aliphatic rings. The van der Waals surface area contributed by atoms with E-state index in [1.54, 1.807) is 0 Å². The molecule has 0 unspecified atom stereocenters. The third-order valence-corrected chi connectivity index (χ3v) is 12.3. The minimum atomic E-state index is -0.683. The highest BCUT2D eigenvalue weighted by Crippen LogP contribution is 2.68. The molecule has 222 valence electrons. The van der Waals surface area contributed by atoms with Crippen LogP contribution in [0.5, 0.6) is 0 Å². The van der Waals surface area contributed by atoms with Gasteiger partial charge in [0.15, 0.2) is 0 Å². The number of rotatable bonds is 8. The van der Waals surface area contributed by atoms with Crippen LogP contribution in [0.15, 0.2) is 30.3 Å². The highest BCUT2D eigenvalue weighted by atomic mass is 16.5. The van der Waals surface area contributed by atoms with Crippen LogP contribution in [0.25, 0.3) is 0 Å². The van der Waals surface area contributed by atoms with Crippen LogP contribution in [0, 0.1) is 46.3 Å². The van der Waals surface area contributed by atoms with Gasteiger partial charge in [0, 0.05) is 12.8 Å². The summed E-state index contributed by atoms with van der Waals surface area (Å²) in [7, 11) is 1.36. The van der Waals surface area contributed by atoms with E-state index < -0.39 is 12.0 Å². The molecule has 1 aromatic carbocycles. The fourth-order valence-electron chi connectivity index (χ4n) is 10.2. The molecule has 0 bridgehead atoms. The zero-order valence-electron chi connectivity index (χ0n) is 25.0. The summed E-state index contributed by atoms with van der Waals surface area (Å²) in [6.07, 6.45) is 9.52. The number of benzene rings is 1. The predicted molar refractivity (Wildman–Crippen MR) is 155 cm³/mol. The Morgan fingerprint density at radius 2 is 1.70 bits per heavy atom. The van der Waals surface area contributed by atoms with Crippen molar-refractivity contribution in [3.05, 3.63) is 35.9 Å². The van der Waals surface area contributed by atoms with Crippen molar-refractivity contribution in [3.63, 3.8) is 0 Å². The molecule has 0 radical (unpaired) electrons. The first kappa shape index (κ1) is 29.6. The molecule has 6 heteroatoms. The predicted octanol–water partition coefficient (Wildman–Crippen LogP) is 5.29. The number of amides is 1. The fraction of sp³-hybridized carbons (Fsp3) is 0.765. The number of carbonyl (C=O) groups excluding carboxylic acids is 2. The molecule has 0 aromatic heterocycles. The van der Waals surface area contributed by atoms with Crippen molar-refractivity contribution < 1.29 is 24.5 Å². The minimum Gasteiger partial charge on any atom is -0.467 e. The van der Waals surface area contributed by atoms with Gasteiger partial charge < -0.3 is 20.3 Å². The van der Waals surface area contributed by atoms with Gasteiger partial charge in [-0.15, -0.1) is 0 Å². The highest BCUT2D eigenvalue weighted by molar-refractivity contribution is 5.84. The average molecular weight is 554 g/mol. The van der Waals surface area contributed by atoms with Crippen molar-refractivity contribution in [2.45, 2.75) is 110 Å². The largest absolute Gasteiger partial charge is 0.467 e. The smallest absolute Gasteiger partial charge is 0.328 e. The van der Waals surface area contributed by atoms with Crippen LogP contribution in [0.4, 0.5) is 0 Å². The maximum absolute atomic E-state index is 13.0. The molecular formula is C34H51NO5. The van der Waals surface area contributed by atoms with Gasteiger partial charge in [0.25, 0.3) is 0 Å². The van der Waals surface area contributed by atoms with Gasteiger partial charge in [0.05, 0.1) is 19.3 Å². The Bertz CT molecular complexity index is 1050. The summed E-state index contributed by atoms with van der Waals surface area (Å²) in [5, 5.41) is 24.8. The Balaban J connectivity index is 1.20. The van der Waals surface area contributed by atoms with E-state index in [0.29, 0.717) is 48.3 Å². The Kier molecular flexibility index (Phi) is 8.69. The number of aliphatic hydroxyl groups excluding tert-OH is 2. The molecule has 6 nitrogen and oxygen atoms in total. The maximum atomic E-state index is 13.0. The lowest BCUT2D eigenvalue weighted by molar-refractivity contribution is -0.174. The molecule has 4 aliphatic carbocycles. The fourth-order valence-corrected chi connectivity index (χ4v) is 10.2. The van der Waals surface area contributed by atoms with E-state index in [1.807, 2.05) is 30.3 Å². The molecule has 0 aliphatic heterocycles. The normalized spacial score (nSPS) is 40.2. The Morgan fingerprint density at radius 3 is 2.42 bits per heavy atom. The van der Waals surface area contributed by atoms with Crippen molar-refractivity contribution in [1.29, 1.82) is 0 Å². The number of fused-ring (bicyclic) bond motifs is 5. The first-order valence-electron chi connectivity index (χ1n) is 15.8. The zero-order valence-corrected chi connectivity index (χ0v) is 25.0. The lowest BCUT2D eigenvalue weighted by atomic mass is 9.43. The number of aliphatic hydroxyl groups is 2. The SMILES string of the molecule is COC(=O)[C@@H](Cc1ccccc1)NC(=O)CC[C@H](C)[C@@H]1CC[C@@H]2[C@H]3[C@H](O)C[C@H]4C[C@@H](O)CC[C@@]4(C)[C@@H]3CC[C@]21C. The number of nitrogens with one attached hydrogen (secondary N) is 1. The van der Waals surface area contributed by atoms with E-state index in [2.05, 4.69) is 26.1 Å². The Hall–Kier alpha value is -1.92. The number of ether oxygens (including phenoxy) is 1. The van der Waals surface area contributed by atoms with Gasteiger partial charge in [-0.2, -0.15) is 0 Å². The van der Waals surface area contributed by atoms with Crippen LogP contribution in [0.3, 0.4) is 0 Å². The van der Waals surface area contributed by atoms with Crippen molar-refractivity contribution in [2.75, 3.05) is 7.11 Å². The molecule has 0 heterocycles. The van der Waals surface area contributed by atoms with Crippen LogP contribution < -0.4 is 5.32 Å². The first-order chi connectivity index (χ1) is 19.1. The second-order valence-corrected chi connectivity index (χ2v) is 14.3. The monoisotopic (exact) mass is 553 g/mol. The number of methoxy groups -OCH3 is 1. The lowest BCUT2D eigenvalue weighted by Gasteiger charge is -2.62. The summed E-state index contributed by atoms with van der Waals surface area (Å²) in [6.45, 7) is 7.24. The molecule has 3 N–H and O–H groups in total. The Morgan fingerprint density at radius 1 is 1.00 bits per heavy atom. The second kappa shape index (κ2) is 11.8. The topological polar surface area (TPSA) is 95.9 Å². The van der Waals surface area contributed by atoms with Crippen molar-refractivity contribution in [2.24, 2.45) is 46.3 Å². The van der Waals surface area contributed by atoms with Gasteiger partial charge in [0.2, 0.25) is 5.91 Å². The van der Waals surface area contributed by atoms with Crippen LogP contribution in [-0.2, 0) is 20.7 Å². The molecule has 5 rings (SSSR count). The van der Waals surface area contributed by atoms with Gasteiger partial charge in [-0.05, 0) is 110 Å². The number of carbonyl (C=O) groups is 2. The summed E-state index contributed by atoms with van der Waals surface area (Å²) in [6, 6.07) is 9.03. The zero-order chi connectivity index (χ0) is 28.7. The third kappa shape index (κ3) is 5.47. The van der Waals surface area contributed by atoms with Gasteiger partial charge in [-0.3, -0.25) is 4.79 Å². The molecule has 4 fully saturated rings. The summed E-state index contributed by atoms with van der Waals surface area (Å²) < 4.78 is 4.98. The number of hydrogen-bond donors (Lipinski definition) is 3. The van der Waals surface area contributed by atoms with Crippen molar-refractivity contribution in [1.82, 2.24) is 5.32 Å². The van der Waals surface area contributed by atoms with Crippen LogP contribution in [0.2, 0.25) is 0 Å². The quantitative estimate of drug-likeness (QED) is 0.380. The van der Waals surface area contributed by atoms with Gasteiger partial charge in [-0.1, -0.05) is 51.1 Å². The molecule has 0 saturated heterocycles. The standard InChI is InChI=1S/C34H51NO5/c1-21(10-13-30(38)35-28(32(39)40-4)18-22-8-6-5-7-9-22)25-11-12-26-31-27(15-17-34(25,26)3)33(2)16-14-24(36)19-23(33)20-29(31)37/h5-9,21,23-29,31,36-37H,10-20H2,1-4H3,(H,35,38)/t21-,23+,24-,25-,26+,27+,28+,29+,31+,33+,34-/m0/s1. The molecular weight excluding hydrogens is 502 g/mol. The first-order valence-corrected chi connectivity index (χ1v) is 15.8. The number of hydrogen-bond acceptors (Lipinski definition) is 5. The summed E-state index contributed by atoms with van der Waals surface area (Å²) in [5.74, 6) is 2.30. The maximum Gasteiger partial charge on any atom is 0.328 e. The summed E-state index contributed by atoms with van der Waals surface area (Å²) >= 11 is 0. The molecule has 11 atom stereocenters. The number of esters is 1. The second-order valence-electron chi connectivity index (χ2n) is 14.3. The van der Waals surface area contributed by atoms with Crippen molar-refractivity contribution >= 4 is 11.9 Å². The van der Waals surface area contributed by atoms with E-state index in [4.69, 9.17) is 4.74 Å². The van der Waals surface area contributed by atoms with E-state index in [1.165, 1.54) is 26.4 Å². The molecule has 1 aromatic rings. The third-order valence-electron chi connectivity index (χ3n) is 12.3. The van der Waals surface area contributed by atoms with Gasteiger partial charge >= 0.3 is 5.97 Å². The van der Waals surface area contributed by atoms with Crippen LogP contribution >= 0.6 is 0 Å². The summed E-state index contributed by atoms with van der Waals surface area (Å²) in [5.41, 5.74) is 1.42. The van der Waals surface area contributed by atoms with Crippen LogP contribution in [-0.4, -0.2) is 47.4 Å². The highest BCUT2D eigenvalue weighted by Gasteiger charge is 2.62. The van der Waals surface area contributed by atoms with Crippen molar-refractivity contribution in [3.8, 4) is 0 Å².